The third kappa shape index (κ3) is 4.79. The van der Waals surface area contributed by atoms with Crippen LogP contribution in [0.25, 0.3) is 68.8 Å². The van der Waals surface area contributed by atoms with Crippen LogP contribution < -0.4 is 0 Å². The van der Waals surface area contributed by atoms with Crippen molar-refractivity contribution >= 4 is 35.2 Å². The highest BCUT2D eigenvalue weighted by Gasteiger charge is 2.17. The number of para-hydroxylation sites is 1. The second-order valence-corrected chi connectivity index (χ2v) is 11.3. The first-order valence-electron chi connectivity index (χ1n) is 15.1. The summed E-state index contributed by atoms with van der Waals surface area (Å²) in [7, 11) is 0. The van der Waals surface area contributed by atoms with E-state index in [4.69, 9.17) is 0 Å². The Morgan fingerprint density at radius 1 is 0.591 bits per heavy atom. The van der Waals surface area contributed by atoms with E-state index in [2.05, 4.69) is 160 Å². The number of nitrogens with zero attached hydrogens (tertiary/aromatic N) is 2. The van der Waals surface area contributed by atoms with Crippen LogP contribution in [0, 0.1) is 20.8 Å². The molecule has 0 amide bonds. The first-order chi connectivity index (χ1) is 21.4. The number of hydrogen-bond donors (Lipinski definition) is 0. The molecule has 0 bridgehead atoms. The number of aromatic nitrogens is 2. The van der Waals surface area contributed by atoms with E-state index in [1.54, 1.807) is 0 Å². The van der Waals surface area contributed by atoms with Gasteiger partial charge in [-0.05, 0) is 121 Å². The fraction of sp³-hybridized carbons (Fsp3) is 0.0952. The quantitative estimate of drug-likeness (QED) is 0.172. The summed E-state index contributed by atoms with van der Waals surface area (Å²) in [5.41, 5.74) is 16.3. The molecule has 0 N–H and O–H groups in total. The smallest absolute Gasteiger partial charge is 0.0541 e. The van der Waals surface area contributed by atoms with Gasteiger partial charge in [-0.15, -0.1) is 0 Å². The van der Waals surface area contributed by atoms with Crippen LogP contribution in [0.1, 0.15) is 46.3 Å². The van der Waals surface area contributed by atoms with E-state index in [1.807, 2.05) is 18.2 Å². The van der Waals surface area contributed by atoms with E-state index >= 15 is 0 Å². The van der Waals surface area contributed by atoms with Gasteiger partial charge in [-0.1, -0.05) is 86.5 Å². The maximum absolute atomic E-state index is 4.16. The van der Waals surface area contributed by atoms with Crippen molar-refractivity contribution in [2.75, 3.05) is 0 Å². The number of aryl methyl sites for hydroxylation is 3. The lowest BCUT2D eigenvalue weighted by Gasteiger charge is -2.16. The number of hydrogen-bond acceptors (Lipinski definition) is 0. The standard InChI is InChI=1S/C42H38N2/c1-8-15-41-31(9-2)24-30(7)43(41)34-17-14-16-32(25-34)33-22-20-28(5)38(26-33)39-27-35(23-21-29(39)6)44-40(11-4)36(10-3)37-18-12-13-19-42(37)44/h8-27H,2-4H2,1,5-7H3/b15-8-. The van der Waals surface area contributed by atoms with Crippen LogP contribution in [0.4, 0.5) is 0 Å². The molecular formula is C42H38N2. The molecular weight excluding hydrogens is 532 g/mol. The van der Waals surface area contributed by atoms with E-state index in [9.17, 15) is 0 Å². The Balaban J connectivity index is 1.49. The fourth-order valence-corrected chi connectivity index (χ4v) is 6.45. The zero-order chi connectivity index (χ0) is 31.0. The van der Waals surface area contributed by atoms with Gasteiger partial charge in [-0.2, -0.15) is 0 Å². The minimum absolute atomic E-state index is 1.05. The molecule has 0 atom stereocenters. The zero-order valence-electron chi connectivity index (χ0n) is 26.1. The Morgan fingerprint density at radius 2 is 1.30 bits per heavy atom. The summed E-state index contributed by atoms with van der Waals surface area (Å²) >= 11 is 0. The van der Waals surface area contributed by atoms with Crippen molar-refractivity contribution in [3.05, 3.63) is 156 Å². The van der Waals surface area contributed by atoms with Gasteiger partial charge in [-0.25, -0.2) is 0 Å². The van der Waals surface area contributed by atoms with E-state index < -0.39 is 0 Å². The van der Waals surface area contributed by atoms with Crippen molar-refractivity contribution in [3.8, 4) is 33.6 Å². The Kier molecular flexibility index (Phi) is 7.67. The van der Waals surface area contributed by atoms with Crippen LogP contribution in [0.3, 0.4) is 0 Å². The van der Waals surface area contributed by atoms with Crippen LogP contribution >= 0.6 is 0 Å². The monoisotopic (exact) mass is 570 g/mol. The molecule has 2 nitrogen and oxygen atoms in total. The van der Waals surface area contributed by atoms with Crippen molar-refractivity contribution < 1.29 is 0 Å². The number of fused-ring (bicyclic) bond motifs is 1. The second kappa shape index (κ2) is 11.7. The minimum Gasteiger partial charge on any atom is -0.314 e. The highest BCUT2D eigenvalue weighted by molar-refractivity contribution is 5.95. The first-order valence-corrected chi connectivity index (χ1v) is 15.1. The molecule has 0 saturated carbocycles. The molecule has 0 saturated heterocycles. The predicted octanol–water partition coefficient (Wildman–Crippen LogP) is 11.6. The Morgan fingerprint density at radius 3 is 2.02 bits per heavy atom. The summed E-state index contributed by atoms with van der Waals surface area (Å²) in [5, 5.41) is 1.17. The second-order valence-electron chi connectivity index (χ2n) is 11.3. The maximum atomic E-state index is 4.16. The van der Waals surface area contributed by atoms with Crippen molar-refractivity contribution in [3.63, 3.8) is 0 Å². The van der Waals surface area contributed by atoms with Crippen LogP contribution in [0.2, 0.25) is 0 Å². The summed E-state index contributed by atoms with van der Waals surface area (Å²) in [6.07, 6.45) is 10.0. The molecule has 6 rings (SSSR count). The molecule has 0 spiro atoms. The number of allylic oxidation sites excluding steroid dienone is 1. The number of rotatable bonds is 8. The minimum atomic E-state index is 1.05. The van der Waals surface area contributed by atoms with Crippen molar-refractivity contribution in [1.82, 2.24) is 9.13 Å². The van der Waals surface area contributed by atoms with Gasteiger partial charge < -0.3 is 9.13 Å². The molecule has 0 radical (unpaired) electrons. The van der Waals surface area contributed by atoms with Crippen LogP contribution in [0.5, 0.6) is 0 Å². The van der Waals surface area contributed by atoms with Crippen LogP contribution in [-0.2, 0) is 0 Å². The molecule has 6 aromatic rings. The fourth-order valence-electron chi connectivity index (χ4n) is 6.45. The van der Waals surface area contributed by atoms with Gasteiger partial charge in [0, 0.05) is 28.0 Å². The van der Waals surface area contributed by atoms with Gasteiger partial charge in [-0.3, -0.25) is 0 Å². The topological polar surface area (TPSA) is 9.86 Å². The van der Waals surface area contributed by atoms with Gasteiger partial charge in [0.25, 0.3) is 0 Å². The normalized spacial score (nSPS) is 11.4. The average Bonchev–Trinajstić information content (AvgIpc) is 3.55. The molecule has 0 fully saturated rings. The summed E-state index contributed by atoms with van der Waals surface area (Å²) in [6, 6.07) is 33.0. The molecule has 0 aliphatic heterocycles. The third-order valence-corrected chi connectivity index (χ3v) is 8.59. The van der Waals surface area contributed by atoms with E-state index in [0.29, 0.717) is 0 Å². The lowest BCUT2D eigenvalue weighted by Crippen LogP contribution is -2.00. The Hall–Kier alpha value is -5.34. The third-order valence-electron chi connectivity index (χ3n) is 8.59. The highest BCUT2D eigenvalue weighted by atomic mass is 15.0. The Labute approximate surface area is 261 Å². The summed E-state index contributed by atoms with van der Waals surface area (Å²) < 4.78 is 4.60. The summed E-state index contributed by atoms with van der Waals surface area (Å²) in [6.45, 7) is 20.9. The number of benzene rings is 4. The molecule has 0 aliphatic rings. The molecule has 2 heteroatoms. The van der Waals surface area contributed by atoms with Gasteiger partial charge >= 0.3 is 0 Å². The lowest BCUT2D eigenvalue weighted by molar-refractivity contribution is 1.00. The molecule has 44 heavy (non-hydrogen) atoms. The van der Waals surface area contributed by atoms with Gasteiger partial charge in [0.1, 0.15) is 0 Å². The largest absolute Gasteiger partial charge is 0.314 e. The molecule has 2 aromatic heterocycles. The summed E-state index contributed by atoms with van der Waals surface area (Å²) in [4.78, 5) is 0. The molecule has 216 valence electrons. The molecule has 0 unspecified atom stereocenters. The Bertz CT molecular complexity index is 2110. The molecule has 4 aromatic carbocycles. The van der Waals surface area contributed by atoms with Crippen molar-refractivity contribution in [1.29, 1.82) is 0 Å². The SMILES string of the molecule is C=Cc1cc(C)n(-c2cccc(-c3ccc(C)c(-c4cc(-n5c(C=C)c(C=C)c6ccccc65)ccc4C)c3)c2)c1/C=C\C. The first kappa shape index (κ1) is 28.8. The van der Waals surface area contributed by atoms with Gasteiger partial charge in [0.05, 0.1) is 16.9 Å². The zero-order valence-corrected chi connectivity index (χ0v) is 26.1. The predicted molar refractivity (Wildman–Crippen MR) is 193 cm³/mol. The molecule has 0 aliphatic carbocycles. The van der Waals surface area contributed by atoms with E-state index in [0.717, 1.165) is 39.4 Å². The van der Waals surface area contributed by atoms with Gasteiger partial charge in [0.15, 0.2) is 0 Å². The van der Waals surface area contributed by atoms with E-state index in [-0.39, 0.29) is 0 Å². The lowest BCUT2D eigenvalue weighted by atomic mass is 9.92. The molecule has 2 heterocycles. The van der Waals surface area contributed by atoms with Crippen LogP contribution in [0.15, 0.2) is 117 Å². The maximum Gasteiger partial charge on any atom is 0.0541 e. The van der Waals surface area contributed by atoms with Crippen molar-refractivity contribution in [2.24, 2.45) is 0 Å². The van der Waals surface area contributed by atoms with Crippen molar-refractivity contribution in [2.45, 2.75) is 27.7 Å². The van der Waals surface area contributed by atoms with Crippen LogP contribution in [-0.4, -0.2) is 9.13 Å². The summed E-state index contributed by atoms with van der Waals surface area (Å²) in [5.74, 6) is 0. The highest BCUT2D eigenvalue weighted by Crippen LogP contribution is 2.36. The average molecular weight is 571 g/mol. The van der Waals surface area contributed by atoms with Gasteiger partial charge in [0.2, 0.25) is 0 Å². The van der Waals surface area contributed by atoms with E-state index in [1.165, 1.54) is 44.5 Å².